The van der Waals surface area contributed by atoms with Gasteiger partial charge < -0.3 is 4.57 Å². The van der Waals surface area contributed by atoms with Gasteiger partial charge in [0.05, 0.1) is 11.3 Å². The summed E-state index contributed by atoms with van der Waals surface area (Å²) in [6, 6.07) is 12.3. The second kappa shape index (κ2) is 8.55. The molecule has 29 heavy (non-hydrogen) atoms. The lowest BCUT2D eigenvalue weighted by molar-refractivity contribution is 0.266. The van der Waals surface area contributed by atoms with Gasteiger partial charge in [-0.2, -0.15) is 0 Å². The van der Waals surface area contributed by atoms with E-state index in [9.17, 15) is 12.8 Å². The number of benzene rings is 2. The van der Waals surface area contributed by atoms with Crippen molar-refractivity contribution in [3.8, 4) is 5.69 Å². The predicted molar refractivity (Wildman–Crippen MR) is 118 cm³/mol. The molecule has 3 aromatic rings. The maximum absolute atomic E-state index is 13.4. The molecule has 7 heteroatoms. The summed E-state index contributed by atoms with van der Waals surface area (Å²) in [6.07, 6.45) is 2.60. The van der Waals surface area contributed by atoms with E-state index in [1.54, 1.807) is 18.2 Å². The lowest BCUT2D eigenvalue weighted by atomic mass is 10.1. The molecule has 0 atom stereocenters. The Kier molecular flexibility index (Phi) is 6.29. The van der Waals surface area contributed by atoms with Crippen LogP contribution in [-0.2, 0) is 16.6 Å². The van der Waals surface area contributed by atoms with Crippen molar-refractivity contribution in [3.05, 3.63) is 60.0 Å². The Morgan fingerprint density at radius 2 is 1.83 bits per heavy atom. The molecule has 0 aliphatic carbocycles. The minimum absolute atomic E-state index is 0.0879. The molecule has 0 unspecified atom stereocenters. The Morgan fingerprint density at radius 1 is 1.14 bits per heavy atom. The molecule has 1 heterocycles. The Balaban J connectivity index is 2.09. The summed E-state index contributed by atoms with van der Waals surface area (Å²) >= 11 is 0. The number of hydrogen-bond donors (Lipinski definition) is 1. The zero-order chi connectivity index (χ0) is 21.2. The number of nitrogens with zero attached hydrogens (tertiary/aromatic N) is 2. The zero-order valence-corrected chi connectivity index (χ0v) is 18.1. The van der Waals surface area contributed by atoms with Crippen LogP contribution in [0.2, 0.25) is 0 Å². The van der Waals surface area contributed by atoms with Gasteiger partial charge in [-0.15, -0.1) is 0 Å². The molecule has 0 saturated carbocycles. The van der Waals surface area contributed by atoms with Crippen LogP contribution in [0.5, 0.6) is 0 Å². The van der Waals surface area contributed by atoms with Gasteiger partial charge in [0, 0.05) is 35.5 Å². The fourth-order valence-electron chi connectivity index (χ4n) is 3.25. The number of aromatic nitrogens is 1. The first kappa shape index (κ1) is 21.3. The summed E-state index contributed by atoms with van der Waals surface area (Å²) in [5.41, 5.74) is 3.43. The lowest BCUT2D eigenvalue weighted by Crippen LogP contribution is -2.25. The third-order valence-corrected chi connectivity index (χ3v) is 6.53. The molecule has 5 nitrogen and oxygen atoms in total. The number of rotatable bonds is 8. The molecular formula is C22H28FN3O2S. The second-order valence-corrected chi connectivity index (χ2v) is 9.50. The number of nitrogens with one attached hydrogen (secondary N) is 1. The quantitative estimate of drug-likeness (QED) is 0.575. The van der Waals surface area contributed by atoms with Gasteiger partial charge in [-0.25, -0.2) is 12.8 Å². The molecule has 0 saturated heterocycles. The number of anilines is 1. The van der Waals surface area contributed by atoms with E-state index in [0.29, 0.717) is 24.7 Å². The van der Waals surface area contributed by atoms with E-state index in [2.05, 4.69) is 30.5 Å². The molecule has 3 rings (SSSR count). The highest BCUT2D eigenvalue weighted by Gasteiger charge is 2.15. The second-order valence-electron chi connectivity index (χ2n) is 7.66. The molecule has 156 valence electrons. The lowest BCUT2D eigenvalue weighted by Gasteiger charge is -2.20. The Hall–Kier alpha value is -2.38. The van der Waals surface area contributed by atoms with E-state index in [4.69, 9.17) is 0 Å². The van der Waals surface area contributed by atoms with Gasteiger partial charge in [-0.05, 0) is 75.3 Å². The number of hydrogen-bond acceptors (Lipinski definition) is 3. The minimum Gasteiger partial charge on any atom is -0.316 e. The fourth-order valence-corrected chi connectivity index (χ4v) is 4.38. The van der Waals surface area contributed by atoms with Crippen molar-refractivity contribution >= 4 is 26.6 Å². The molecule has 0 amide bonds. The van der Waals surface area contributed by atoms with E-state index < -0.39 is 10.0 Å². The summed E-state index contributed by atoms with van der Waals surface area (Å²) in [5, 5.41) is 0.971. The highest BCUT2D eigenvalue weighted by atomic mass is 32.2. The number of fused-ring (bicyclic) bond motifs is 1. The van der Waals surface area contributed by atoms with Crippen LogP contribution in [-0.4, -0.2) is 36.7 Å². The van der Waals surface area contributed by atoms with Crippen LogP contribution < -0.4 is 4.72 Å². The first-order chi connectivity index (χ1) is 13.7. The van der Waals surface area contributed by atoms with Crippen molar-refractivity contribution in [2.45, 2.75) is 39.8 Å². The predicted octanol–water partition coefficient (Wildman–Crippen LogP) is 4.76. The maximum atomic E-state index is 13.4. The van der Waals surface area contributed by atoms with Gasteiger partial charge in [0.25, 0.3) is 0 Å². The average molecular weight is 418 g/mol. The molecule has 0 radical (unpaired) electrons. The van der Waals surface area contributed by atoms with E-state index in [1.165, 1.54) is 12.1 Å². The first-order valence-electron chi connectivity index (χ1n) is 9.81. The maximum Gasteiger partial charge on any atom is 0.232 e. The molecule has 0 bridgehead atoms. The van der Waals surface area contributed by atoms with Crippen molar-refractivity contribution in [1.29, 1.82) is 0 Å². The van der Waals surface area contributed by atoms with Crippen molar-refractivity contribution in [2.75, 3.05) is 17.5 Å². The Bertz CT molecular complexity index is 1090. The van der Waals surface area contributed by atoms with Crippen LogP contribution in [0.3, 0.4) is 0 Å². The largest absolute Gasteiger partial charge is 0.316 e. The Morgan fingerprint density at radius 3 is 2.45 bits per heavy atom. The van der Waals surface area contributed by atoms with Crippen molar-refractivity contribution < 1.29 is 12.8 Å². The standard InChI is InChI=1S/C22H28FN3O2S/c1-5-12-29(27,28)24-19-8-11-22-21(13-19)17(14-25(4)16(2)3)15-26(22)20-9-6-18(23)7-10-20/h6-11,13,15-16,24H,5,12,14H2,1-4H3. The normalized spacial score (nSPS) is 12.2. The average Bonchev–Trinajstić information content (AvgIpc) is 2.99. The molecule has 2 aromatic carbocycles. The van der Waals surface area contributed by atoms with E-state index >= 15 is 0 Å². The van der Waals surface area contributed by atoms with Gasteiger partial charge in [0.2, 0.25) is 10.0 Å². The monoisotopic (exact) mass is 417 g/mol. The van der Waals surface area contributed by atoms with Gasteiger partial charge in [0.1, 0.15) is 5.82 Å². The van der Waals surface area contributed by atoms with Crippen LogP contribution in [0.25, 0.3) is 16.6 Å². The Labute approximate surface area is 172 Å². The highest BCUT2D eigenvalue weighted by Crippen LogP contribution is 2.29. The number of sulfonamides is 1. The smallest absolute Gasteiger partial charge is 0.232 e. The summed E-state index contributed by atoms with van der Waals surface area (Å²) in [5.74, 6) is -0.192. The summed E-state index contributed by atoms with van der Waals surface area (Å²) in [6.45, 7) is 6.81. The van der Waals surface area contributed by atoms with Crippen LogP contribution >= 0.6 is 0 Å². The van der Waals surface area contributed by atoms with Gasteiger partial charge in [-0.3, -0.25) is 9.62 Å². The summed E-state index contributed by atoms with van der Waals surface area (Å²) < 4.78 is 42.4. The van der Waals surface area contributed by atoms with Gasteiger partial charge in [0.15, 0.2) is 0 Å². The van der Waals surface area contributed by atoms with Crippen LogP contribution in [0.4, 0.5) is 10.1 Å². The third kappa shape index (κ3) is 4.97. The molecule has 0 aliphatic heterocycles. The summed E-state index contributed by atoms with van der Waals surface area (Å²) in [7, 11) is -1.31. The van der Waals surface area contributed by atoms with Crippen LogP contribution in [0.1, 0.15) is 32.8 Å². The molecule has 1 N–H and O–H groups in total. The van der Waals surface area contributed by atoms with Gasteiger partial charge >= 0.3 is 0 Å². The van der Waals surface area contributed by atoms with Crippen LogP contribution in [0, 0.1) is 5.82 Å². The van der Waals surface area contributed by atoms with E-state index in [-0.39, 0.29) is 11.6 Å². The summed E-state index contributed by atoms with van der Waals surface area (Å²) in [4.78, 5) is 2.22. The zero-order valence-electron chi connectivity index (χ0n) is 17.3. The molecular weight excluding hydrogens is 389 g/mol. The molecule has 0 aliphatic rings. The fraction of sp³-hybridized carbons (Fsp3) is 0.364. The molecule has 0 fully saturated rings. The van der Waals surface area contributed by atoms with Gasteiger partial charge in [-0.1, -0.05) is 6.92 Å². The van der Waals surface area contributed by atoms with E-state index in [0.717, 1.165) is 22.2 Å². The minimum atomic E-state index is -3.36. The third-order valence-electron chi connectivity index (χ3n) is 5.04. The van der Waals surface area contributed by atoms with Crippen molar-refractivity contribution in [2.24, 2.45) is 0 Å². The molecule has 0 spiro atoms. The van der Waals surface area contributed by atoms with Crippen molar-refractivity contribution in [1.82, 2.24) is 9.47 Å². The highest BCUT2D eigenvalue weighted by molar-refractivity contribution is 7.92. The van der Waals surface area contributed by atoms with Crippen molar-refractivity contribution in [3.63, 3.8) is 0 Å². The molecule has 1 aromatic heterocycles. The first-order valence-corrected chi connectivity index (χ1v) is 11.5. The van der Waals surface area contributed by atoms with Crippen LogP contribution in [0.15, 0.2) is 48.7 Å². The van der Waals surface area contributed by atoms with E-state index in [1.807, 2.05) is 29.8 Å². The topological polar surface area (TPSA) is 54.3 Å². The number of halogens is 1. The SMILES string of the molecule is CCCS(=O)(=O)Nc1ccc2c(c1)c(CN(C)C(C)C)cn2-c1ccc(F)cc1.